The van der Waals surface area contributed by atoms with E-state index >= 15 is 0 Å². The van der Waals surface area contributed by atoms with E-state index in [1.54, 1.807) is 21.6 Å². The van der Waals surface area contributed by atoms with Crippen LogP contribution in [0.5, 0.6) is 0 Å². The van der Waals surface area contributed by atoms with Crippen molar-refractivity contribution in [3.8, 4) is 16.9 Å². The SMILES string of the molecule is [C-]#[N+]c1ccccc1Cn1c(C(=O)N2CCNCC2)c(-c2ccccc2)n(-c2ccccc2)c1=O. The van der Waals surface area contributed by atoms with Gasteiger partial charge in [0, 0.05) is 38.3 Å². The van der Waals surface area contributed by atoms with Crippen LogP contribution in [0.4, 0.5) is 5.69 Å². The molecule has 5 rings (SSSR count). The van der Waals surface area contributed by atoms with Gasteiger partial charge in [-0.15, -0.1) is 0 Å². The Balaban J connectivity index is 1.80. The Morgan fingerprint density at radius 1 is 0.886 bits per heavy atom. The highest BCUT2D eigenvalue weighted by molar-refractivity contribution is 5.99. The smallest absolute Gasteiger partial charge is 0.334 e. The van der Waals surface area contributed by atoms with Crippen LogP contribution in [0.25, 0.3) is 21.8 Å². The van der Waals surface area contributed by atoms with Gasteiger partial charge in [0.25, 0.3) is 5.91 Å². The van der Waals surface area contributed by atoms with Crippen molar-refractivity contribution in [1.82, 2.24) is 19.4 Å². The number of rotatable bonds is 5. The van der Waals surface area contributed by atoms with Crippen LogP contribution in [0.2, 0.25) is 0 Å². The minimum atomic E-state index is -0.312. The number of hydrogen-bond donors (Lipinski definition) is 1. The third-order valence-electron chi connectivity index (χ3n) is 6.25. The molecule has 1 aromatic heterocycles. The Hall–Kier alpha value is -4.41. The minimum Gasteiger partial charge on any atom is -0.335 e. The van der Waals surface area contributed by atoms with E-state index in [9.17, 15) is 9.59 Å². The Bertz CT molecular complexity index is 1440. The average molecular weight is 464 g/mol. The summed E-state index contributed by atoms with van der Waals surface area (Å²) in [5.41, 5.74) is 3.22. The van der Waals surface area contributed by atoms with Crippen LogP contribution in [-0.4, -0.2) is 46.1 Å². The molecule has 0 atom stereocenters. The Morgan fingerprint density at radius 3 is 2.20 bits per heavy atom. The molecule has 1 saturated heterocycles. The zero-order valence-electron chi connectivity index (χ0n) is 19.2. The first-order valence-corrected chi connectivity index (χ1v) is 11.6. The molecular weight excluding hydrogens is 438 g/mol. The summed E-state index contributed by atoms with van der Waals surface area (Å²) in [7, 11) is 0. The monoisotopic (exact) mass is 463 g/mol. The molecule has 0 aliphatic carbocycles. The number of benzene rings is 3. The van der Waals surface area contributed by atoms with Crippen LogP contribution in [0.15, 0.2) is 89.7 Å². The fourth-order valence-electron chi connectivity index (χ4n) is 4.53. The van der Waals surface area contributed by atoms with Crippen LogP contribution in [0.1, 0.15) is 16.1 Å². The Morgan fingerprint density at radius 2 is 1.51 bits per heavy atom. The quantitative estimate of drug-likeness (QED) is 0.456. The number of nitrogens with one attached hydrogen (secondary N) is 1. The number of hydrogen-bond acceptors (Lipinski definition) is 3. The molecule has 174 valence electrons. The van der Waals surface area contributed by atoms with Crippen molar-refractivity contribution in [1.29, 1.82) is 0 Å². The van der Waals surface area contributed by atoms with Gasteiger partial charge in [0.05, 0.1) is 18.0 Å². The number of carbonyl (C=O) groups excluding carboxylic acids is 1. The average Bonchev–Trinajstić information content (AvgIpc) is 3.21. The molecule has 0 radical (unpaired) electrons. The van der Waals surface area contributed by atoms with Crippen molar-refractivity contribution in [3.05, 3.63) is 118 Å². The summed E-state index contributed by atoms with van der Waals surface area (Å²) in [5.74, 6) is -0.183. The summed E-state index contributed by atoms with van der Waals surface area (Å²) in [6.07, 6.45) is 0. The summed E-state index contributed by atoms with van der Waals surface area (Å²) < 4.78 is 3.15. The molecule has 7 nitrogen and oxygen atoms in total. The van der Waals surface area contributed by atoms with Crippen LogP contribution < -0.4 is 11.0 Å². The van der Waals surface area contributed by atoms with Gasteiger partial charge in [-0.3, -0.25) is 13.9 Å². The summed E-state index contributed by atoms with van der Waals surface area (Å²) in [6.45, 7) is 10.2. The van der Waals surface area contributed by atoms with Crippen molar-refractivity contribution >= 4 is 11.6 Å². The molecule has 35 heavy (non-hydrogen) atoms. The number of para-hydroxylation sites is 2. The molecule has 7 heteroatoms. The number of nitrogens with zero attached hydrogens (tertiary/aromatic N) is 4. The fourth-order valence-corrected chi connectivity index (χ4v) is 4.53. The predicted octanol–water partition coefficient (Wildman–Crippen LogP) is 3.95. The van der Waals surface area contributed by atoms with E-state index in [1.165, 1.54) is 4.57 Å². The number of imidazole rings is 1. The van der Waals surface area contributed by atoms with Crippen molar-refractivity contribution < 1.29 is 4.79 Å². The summed E-state index contributed by atoms with van der Waals surface area (Å²) >= 11 is 0. The Kier molecular flexibility index (Phi) is 6.29. The molecular formula is C28H25N5O2. The molecule has 1 fully saturated rings. The molecule has 0 spiro atoms. The standard InChI is InChI=1S/C28H25N5O2/c1-29-24-15-9-8-12-22(24)20-32-26(27(34)31-18-16-30-17-19-31)25(21-10-4-2-5-11-21)33(28(32)35)23-13-6-3-7-14-23/h2-15,30H,16-20H2. The number of aromatic nitrogens is 2. The maximum atomic E-state index is 14.0. The maximum Gasteiger partial charge on any atom is 0.334 e. The molecule has 3 aromatic carbocycles. The molecule has 0 unspecified atom stereocenters. The zero-order chi connectivity index (χ0) is 24.2. The normalized spacial score (nSPS) is 13.4. The first-order valence-electron chi connectivity index (χ1n) is 11.6. The third kappa shape index (κ3) is 4.27. The van der Waals surface area contributed by atoms with Crippen LogP contribution in [0, 0.1) is 6.57 Å². The van der Waals surface area contributed by atoms with Crippen LogP contribution >= 0.6 is 0 Å². The third-order valence-corrected chi connectivity index (χ3v) is 6.25. The Labute approximate surface area is 203 Å². The van der Waals surface area contributed by atoms with Gasteiger partial charge >= 0.3 is 5.69 Å². The number of piperazine rings is 1. The predicted molar refractivity (Wildman–Crippen MR) is 136 cm³/mol. The van der Waals surface area contributed by atoms with E-state index in [1.807, 2.05) is 72.8 Å². The van der Waals surface area contributed by atoms with E-state index in [-0.39, 0.29) is 18.1 Å². The van der Waals surface area contributed by atoms with Gasteiger partial charge in [-0.25, -0.2) is 9.64 Å². The lowest BCUT2D eigenvalue weighted by Crippen LogP contribution is -2.47. The molecule has 0 bridgehead atoms. The van der Waals surface area contributed by atoms with Gasteiger partial charge in [0.1, 0.15) is 5.69 Å². The molecule has 4 aromatic rings. The van der Waals surface area contributed by atoms with Gasteiger partial charge in [0.2, 0.25) is 0 Å². The van der Waals surface area contributed by atoms with Crippen LogP contribution in [-0.2, 0) is 6.54 Å². The van der Waals surface area contributed by atoms with E-state index in [0.717, 1.165) is 5.56 Å². The van der Waals surface area contributed by atoms with Gasteiger partial charge < -0.3 is 10.2 Å². The van der Waals surface area contributed by atoms with Gasteiger partial charge in [-0.05, 0) is 17.7 Å². The van der Waals surface area contributed by atoms with Crippen molar-refractivity contribution in [2.24, 2.45) is 0 Å². The lowest BCUT2D eigenvalue weighted by Gasteiger charge is -2.28. The highest BCUT2D eigenvalue weighted by Gasteiger charge is 2.31. The summed E-state index contributed by atoms with van der Waals surface area (Å²) in [5, 5.41) is 3.28. The summed E-state index contributed by atoms with van der Waals surface area (Å²) in [6, 6.07) is 26.1. The number of amides is 1. The van der Waals surface area contributed by atoms with Crippen molar-refractivity contribution in [2.75, 3.05) is 26.2 Å². The first-order chi connectivity index (χ1) is 17.2. The van der Waals surface area contributed by atoms with Crippen molar-refractivity contribution in [3.63, 3.8) is 0 Å². The molecule has 1 amide bonds. The molecule has 1 aliphatic rings. The second-order valence-electron chi connectivity index (χ2n) is 8.39. The van der Waals surface area contributed by atoms with Crippen molar-refractivity contribution in [2.45, 2.75) is 6.54 Å². The second kappa shape index (κ2) is 9.84. The lowest BCUT2D eigenvalue weighted by molar-refractivity contribution is 0.0726. The van der Waals surface area contributed by atoms with E-state index in [0.29, 0.717) is 54.5 Å². The topological polar surface area (TPSA) is 63.6 Å². The number of carbonyl (C=O) groups is 1. The molecule has 2 heterocycles. The van der Waals surface area contributed by atoms with E-state index in [2.05, 4.69) is 10.2 Å². The lowest BCUT2D eigenvalue weighted by atomic mass is 10.1. The molecule has 1 N–H and O–H groups in total. The van der Waals surface area contributed by atoms with Gasteiger partial charge in [-0.1, -0.05) is 72.8 Å². The minimum absolute atomic E-state index is 0.129. The maximum absolute atomic E-state index is 14.0. The zero-order valence-corrected chi connectivity index (χ0v) is 19.2. The second-order valence-corrected chi connectivity index (χ2v) is 8.39. The van der Waals surface area contributed by atoms with E-state index < -0.39 is 0 Å². The highest BCUT2D eigenvalue weighted by Crippen LogP contribution is 2.29. The summed E-state index contributed by atoms with van der Waals surface area (Å²) in [4.78, 5) is 33.5. The highest BCUT2D eigenvalue weighted by atomic mass is 16.2. The largest absolute Gasteiger partial charge is 0.335 e. The molecule has 1 aliphatic heterocycles. The molecule has 0 saturated carbocycles. The van der Waals surface area contributed by atoms with Crippen LogP contribution in [0.3, 0.4) is 0 Å². The first kappa shape index (κ1) is 22.4. The van der Waals surface area contributed by atoms with Gasteiger partial charge in [0.15, 0.2) is 5.69 Å². The fraction of sp³-hybridized carbons (Fsp3) is 0.179. The van der Waals surface area contributed by atoms with E-state index in [4.69, 9.17) is 6.57 Å². The van der Waals surface area contributed by atoms with Gasteiger partial charge in [-0.2, -0.15) is 0 Å².